The third kappa shape index (κ3) is 2.07. The molecule has 3 heteroatoms. The van der Waals surface area contributed by atoms with Gasteiger partial charge >= 0.3 is 5.97 Å². The van der Waals surface area contributed by atoms with Crippen molar-refractivity contribution in [1.29, 1.82) is 0 Å². The molecule has 2 aliphatic carbocycles. The molecular weight excluding hydrogens is 324 g/mol. The van der Waals surface area contributed by atoms with Crippen molar-refractivity contribution in [3.8, 4) is 11.1 Å². The fourth-order valence-corrected chi connectivity index (χ4v) is 4.53. The Kier molecular flexibility index (Phi) is 3.26. The highest BCUT2D eigenvalue weighted by Gasteiger charge is 2.36. The van der Waals surface area contributed by atoms with Gasteiger partial charge in [-0.2, -0.15) is 0 Å². The summed E-state index contributed by atoms with van der Waals surface area (Å²) in [4.78, 5) is 24.9. The van der Waals surface area contributed by atoms with Crippen LogP contribution in [0.5, 0.6) is 0 Å². The molecule has 5 rings (SSSR count). The quantitative estimate of drug-likeness (QED) is 0.458. The standard InChI is InChI=1S/C23H18O3/c1-13(24)26-19-8-4-6-15-10-11-17-21-16-7-3-2-5-14(16)9-12-18(21)23(25)22(17)20(15)19/h2-3,5,7,9-12,19H,4,6,8H2,1H3. The molecule has 0 saturated heterocycles. The summed E-state index contributed by atoms with van der Waals surface area (Å²) in [5.74, 6) is -0.245. The Bertz CT molecular complexity index is 1090. The predicted molar refractivity (Wildman–Crippen MR) is 100 cm³/mol. The molecule has 0 N–H and O–H groups in total. The number of rotatable bonds is 1. The second-order valence-electron chi connectivity index (χ2n) is 7.09. The number of aryl methyl sites for hydroxylation is 1. The number of hydrogen-bond donors (Lipinski definition) is 0. The molecule has 26 heavy (non-hydrogen) atoms. The maximum absolute atomic E-state index is 13.3. The zero-order chi connectivity index (χ0) is 17.8. The Labute approximate surface area is 151 Å². The molecule has 128 valence electrons. The van der Waals surface area contributed by atoms with E-state index in [4.69, 9.17) is 4.74 Å². The van der Waals surface area contributed by atoms with Gasteiger partial charge in [0.25, 0.3) is 0 Å². The lowest BCUT2D eigenvalue weighted by atomic mass is 9.83. The van der Waals surface area contributed by atoms with E-state index in [9.17, 15) is 9.59 Å². The summed E-state index contributed by atoms with van der Waals surface area (Å²) in [6.07, 6.45) is 2.34. The molecule has 0 fully saturated rings. The summed E-state index contributed by atoms with van der Waals surface area (Å²) in [5, 5.41) is 2.22. The van der Waals surface area contributed by atoms with Crippen molar-refractivity contribution in [2.24, 2.45) is 0 Å². The molecule has 3 nitrogen and oxygen atoms in total. The zero-order valence-corrected chi connectivity index (χ0v) is 14.5. The minimum atomic E-state index is -0.323. The van der Waals surface area contributed by atoms with Crippen molar-refractivity contribution in [1.82, 2.24) is 0 Å². The molecule has 0 amide bonds. The van der Waals surface area contributed by atoms with Crippen LogP contribution in [0.1, 0.15) is 52.9 Å². The minimum Gasteiger partial charge on any atom is -0.458 e. The van der Waals surface area contributed by atoms with Crippen LogP contribution in [0.15, 0.2) is 48.5 Å². The van der Waals surface area contributed by atoms with Crippen molar-refractivity contribution in [2.75, 3.05) is 0 Å². The molecule has 0 bridgehead atoms. The predicted octanol–water partition coefficient (Wildman–Crippen LogP) is 4.99. The first-order chi connectivity index (χ1) is 12.6. The van der Waals surface area contributed by atoms with E-state index in [1.54, 1.807) is 0 Å². The van der Waals surface area contributed by atoms with E-state index in [0.717, 1.165) is 63.4 Å². The number of ketones is 1. The van der Waals surface area contributed by atoms with Gasteiger partial charge in [0.1, 0.15) is 6.10 Å². The Morgan fingerprint density at radius 2 is 1.81 bits per heavy atom. The van der Waals surface area contributed by atoms with Gasteiger partial charge in [-0.15, -0.1) is 0 Å². The second-order valence-corrected chi connectivity index (χ2v) is 7.09. The molecule has 0 radical (unpaired) electrons. The maximum atomic E-state index is 13.3. The Morgan fingerprint density at radius 3 is 2.65 bits per heavy atom. The molecule has 2 aliphatic rings. The van der Waals surface area contributed by atoms with Gasteiger partial charge in [0.2, 0.25) is 0 Å². The SMILES string of the molecule is CC(=O)OC1CCCc2ccc3c(c21)C(=O)c1ccc2ccccc2c1-3. The van der Waals surface area contributed by atoms with Gasteiger partial charge in [0, 0.05) is 29.2 Å². The van der Waals surface area contributed by atoms with Crippen LogP contribution in [-0.2, 0) is 16.0 Å². The topological polar surface area (TPSA) is 43.4 Å². The molecule has 0 aromatic heterocycles. The largest absolute Gasteiger partial charge is 0.458 e. The van der Waals surface area contributed by atoms with Crippen LogP contribution in [0.3, 0.4) is 0 Å². The van der Waals surface area contributed by atoms with Crippen LogP contribution in [0.4, 0.5) is 0 Å². The van der Waals surface area contributed by atoms with E-state index >= 15 is 0 Å². The third-order valence-corrected chi connectivity index (χ3v) is 5.55. The zero-order valence-electron chi connectivity index (χ0n) is 14.5. The van der Waals surface area contributed by atoms with Gasteiger partial charge in [0.15, 0.2) is 5.78 Å². The summed E-state index contributed by atoms with van der Waals surface area (Å²) in [7, 11) is 0. The molecule has 0 aliphatic heterocycles. The number of esters is 1. The second kappa shape index (κ2) is 5.53. The Hall–Kier alpha value is -2.94. The van der Waals surface area contributed by atoms with Crippen molar-refractivity contribution in [2.45, 2.75) is 32.3 Å². The number of carbonyl (C=O) groups is 2. The fourth-order valence-electron chi connectivity index (χ4n) is 4.53. The third-order valence-electron chi connectivity index (χ3n) is 5.55. The van der Waals surface area contributed by atoms with E-state index in [1.807, 2.05) is 24.3 Å². The van der Waals surface area contributed by atoms with Crippen LogP contribution >= 0.6 is 0 Å². The van der Waals surface area contributed by atoms with Gasteiger partial charge in [0.05, 0.1) is 0 Å². The van der Waals surface area contributed by atoms with Gasteiger partial charge in [-0.25, -0.2) is 0 Å². The van der Waals surface area contributed by atoms with Crippen LogP contribution in [0, 0.1) is 0 Å². The number of hydrogen-bond acceptors (Lipinski definition) is 3. The molecule has 3 aromatic rings. The lowest BCUT2D eigenvalue weighted by Gasteiger charge is -2.27. The lowest BCUT2D eigenvalue weighted by Crippen LogP contribution is -2.18. The van der Waals surface area contributed by atoms with Crippen LogP contribution in [-0.4, -0.2) is 11.8 Å². The van der Waals surface area contributed by atoms with Crippen LogP contribution in [0.2, 0.25) is 0 Å². The lowest BCUT2D eigenvalue weighted by molar-refractivity contribution is -0.147. The molecule has 1 unspecified atom stereocenters. The summed E-state index contributed by atoms with van der Waals surface area (Å²) in [5.41, 5.74) is 5.53. The number of fused-ring (bicyclic) bond motifs is 7. The summed E-state index contributed by atoms with van der Waals surface area (Å²) in [6.45, 7) is 1.43. The summed E-state index contributed by atoms with van der Waals surface area (Å²) < 4.78 is 5.59. The normalized spacial score (nSPS) is 17.6. The average molecular weight is 342 g/mol. The van der Waals surface area contributed by atoms with Gasteiger partial charge < -0.3 is 4.74 Å². The van der Waals surface area contributed by atoms with Gasteiger partial charge in [-0.05, 0) is 47.2 Å². The average Bonchev–Trinajstić information content (AvgIpc) is 2.94. The highest BCUT2D eigenvalue weighted by molar-refractivity contribution is 6.26. The van der Waals surface area contributed by atoms with Crippen molar-refractivity contribution < 1.29 is 14.3 Å². The highest BCUT2D eigenvalue weighted by atomic mass is 16.5. The molecule has 0 saturated carbocycles. The first-order valence-corrected chi connectivity index (χ1v) is 9.05. The molecule has 3 aromatic carbocycles. The molecule has 0 spiro atoms. The van der Waals surface area contributed by atoms with E-state index < -0.39 is 0 Å². The molecule has 0 heterocycles. The number of carbonyl (C=O) groups excluding carboxylic acids is 2. The van der Waals surface area contributed by atoms with Crippen LogP contribution in [0.25, 0.3) is 21.9 Å². The summed E-state index contributed by atoms with van der Waals surface area (Å²) in [6, 6.07) is 16.3. The van der Waals surface area contributed by atoms with E-state index in [-0.39, 0.29) is 17.9 Å². The number of benzene rings is 3. The first-order valence-electron chi connectivity index (χ1n) is 9.05. The smallest absolute Gasteiger partial charge is 0.303 e. The van der Waals surface area contributed by atoms with Gasteiger partial charge in [-0.3, -0.25) is 9.59 Å². The number of ether oxygens (including phenoxy) is 1. The van der Waals surface area contributed by atoms with Crippen molar-refractivity contribution in [3.05, 3.63) is 70.8 Å². The monoisotopic (exact) mass is 342 g/mol. The Balaban J connectivity index is 1.81. The summed E-state index contributed by atoms with van der Waals surface area (Å²) >= 11 is 0. The fraction of sp³-hybridized carbons (Fsp3) is 0.217. The van der Waals surface area contributed by atoms with Gasteiger partial charge in [-0.1, -0.05) is 42.5 Å². The molecular formula is C23H18O3. The highest BCUT2D eigenvalue weighted by Crippen LogP contribution is 2.47. The maximum Gasteiger partial charge on any atom is 0.303 e. The van der Waals surface area contributed by atoms with Crippen molar-refractivity contribution >= 4 is 22.5 Å². The van der Waals surface area contributed by atoms with E-state index in [0.29, 0.717) is 0 Å². The first kappa shape index (κ1) is 15.3. The van der Waals surface area contributed by atoms with E-state index in [2.05, 4.69) is 24.3 Å². The minimum absolute atomic E-state index is 0.0525. The van der Waals surface area contributed by atoms with Crippen molar-refractivity contribution in [3.63, 3.8) is 0 Å². The van der Waals surface area contributed by atoms with E-state index in [1.165, 1.54) is 6.92 Å². The molecule has 1 atom stereocenters. The van der Waals surface area contributed by atoms with Crippen LogP contribution < -0.4 is 0 Å². The Morgan fingerprint density at radius 1 is 1.00 bits per heavy atom.